The molecule has 5 heteroatoms. The van der Waals surface area contributed by atoms with Gasteiger partial charge >= 0.3 is 0 Å². The van der Waals surface area contributed by atoms with Gasteiger partial charge in [-0.05, 0) is 56.9 Å². The van der Waals surface area contributed by atoms with Crippen LogP contribution in [0.4, 0.5) is 0 Å². The van der Waals surface area contributed by atoms with Crippen LogP contribution in [0.3, 0.4) is 0 Å². The molecule has 0 aliphatic carbocycles. The van der Waals surface area contributed by atoms with E-state index in [1.165, 1.54) is 0 Å². The highest BCUT2D eigenvalue weighted by Gasteiger charge is 2.47. The van der Waals surface area contributed by atoms with Crippen LogP contribution >= 0.6 is 0 Å². The minimum absolute atomic E-state index is 0.00450. The molecule has 2 saturated heterocycles. The van der Waals surface area contributed by atoms with Crippen molar-refractivity contribution in [3.8, 4) is 5.75 Å². The molecule has 3 heterocycles. The highest BCUT2D eigenvalue weighted by molar-refractivity contribution is 5.91. The Balaban J connectivity index is 1.39. The zero-order valence-electron chi connectivity index (χ0n) is 16.1. The van der Waals surface area contributed by atoms with E-state index < -0.39 is 0 Å². The summed E-state index contributed by atoms with van der Waals surface area (Å²) in [6, 6.07) is 14.5. The van der Waals surface area contributed by atoms with E-state index in [-0.39, 0.29) is 12.0 Å². The maximum Gasteiger partial charge on any atom is 0.289 e. The van der Waals surface area contributed by atoms with Crippen molar-refractivity contribution in [1.82, 2.24) is 9.80 Å². The first-order valence-electron chi connectivity index (χ1n) is 9.93. The first kappa shape index (κ1) is 18.1. The Kier molecular flexibility index (Phi) is 5.21. The predicted molar refractivity (Wildman–Crippen MR) is 104 cm³/mol. The molecule has 0 radical (unpaired) electrons. The molecule has 2 atom stereocenters. The second kappa shape index (κ2) is 7.77. The fraction of sp³-hybridized carbons (Fsp3) is 0.500. The number of ether oxygens (including phenoxy) is 1. The number of amides is 1. The van der Waals surface area contributed by atoms with Crippen LogP contribution < -0.4 is 4.74 Å². The molecule has 2 aromatic rings. The molecular weight excluding hydrogens is 340 g/mol. The number of para-hydroxylation sites is 1. The number of carbonyl (C=O) groups is 1. The van der Waals surface area contributed by atoms with Crippen molar-refractivity contribution in [2.45, 2.75) is 44.9 Å². The monoisotopic (exact) mass is 368 g/mol. The number of hydrogen-bond acceptors (Lipinski definition) is 4. The van der Waals surface area contributed by atoms with Gasteiger partial charge in [-0.15, -0.1) is 0 Å². The Morgan fingerprint density at radius 3 is 2.48 bits per heavy atom. The summed E-state index contributed by atoms with van der Waals surface area (Å²) in [6.45, 7) is 7.04. The molecule has 4 rings (SSSR count). The van der Waals surface area contributed by atoms with Gasteiger partial charge in [-0.2, -0.15) is 0 Å². The molecule has 1 aromatic heterocycles. The Hall–Kier alpha value is -2.27. The molecule has 1 amide bonds. The largest absolute Gasteiger partial charge is 0.487 e. The molecule has 5 nitrogen and oxygen atoms in total. The third kappa shape index (κ3) is 3.74. The zero-order valence-corrected chi connectivity index (χ0v) is 16.1. The Morgan fingerprint density at radius 1 is 1.11 bits per heavy atom. The number of piperidine rings is 1. The third-order valence-corrected chi connectivity index (χ3v) is 5.89. The lowest BCUT2D eigenvalue weighted by molar-refractivity contribution is -0.0984. The highest BCUT2D eigenvalue weighted by atomic mass is 16.5. The molecule has 27 heavy (non-hydrogen) atoms. The van der Waals surface area contributed by atoms with E-state index in [0.717, 1.165) is 38.2 Å². The quantitative estimate of drug-likeness (QED) is 0.808. The lowest BCUT2D eigenvalue weighted by Crippen LogP contribution is -2.68. The van der Waals surface area contributed by atoms with Crippen molar-refractivity contribution in [1.29, 1.82) is 0 Å². The van der Waals surface area contributed by atoms with Gasteiger partial charge in [-0.3, -0.25) is 9.69 Å². The molecular formula is C22H28N2O3. The van der Waals surface area contributed by atoms with Gasteiger partial charge in [0.15, 0.2) is 5.76 Å². The molecule has 2 unspecified atom stereocenters. The molecule has 1 aromatic carbocycles. The SMILES string of the molecule is CC(C)N1CC(Oc2ccccc2)C1C1CCN(C(=O)c2ccco2)CC1. The average Bonchev–Trinajstić information content (AvgIpc) is 3.20. The predicted octanol–water partition coefficient (Wildman–Crippen LogP) is 3.67. The van der Waals surface area contributed by atoms with Gasteiger partial charge in [-0.1, -0.05) is 18.2 Å². The van der Waals surface area contributed by atoms with Gasteiger partial charge < -0.3 is 14.1 Å². The number of likely N-dealkylation sites (tertiary alicyclic amines) is 2. The number of rotatable bonds is 5. The van der Waals surface area contributed by atoms with Crippen molar-refractivity contribution in [2.24, 2.45) is 5.92 Å². The van der Waals surface area contributed by atoms with Crippen LogP contribution in [0.15, 0.2) is 53.1 Å². The molecule has 144 valence electrons. The van der Waals surface area contributed by atoms with E-state index in [0.29, 0.717) is 23.8 Å². The van der Waals surface area contributed by atoms with Crippen LogP contribution in [0.1, 0.15) is 37.2 Å². The summed E-state index contributed by atoms with van der Waals surface area (Å²) in [5.41, 5.74) is 0. The molecule has 0 spiro atoms. The summed E-state index contributed by atoms with van der Waals surface area (Å²) in [5, 5.41) is 0. The fourth-order valence-corrected chi connectivity index (χ4v) is 4.42. The minimum atomic E-state index is 0.00450. The highest BCUT2D eigenvalue weighted by Crippen LogP contribution is 2.36. The van der Waals surface area contributed by atoms with Crippen molar-refractivity contribution in [2.75, 3.05) is 19.6 Å². The first-order chi connectivity index (χ1) is 13.1. The van der Waals surface area contributed by atoms with Crippen molar-refractivity contribution in [3.63, 3.8) is 0 Å². The first-order valence-corrected chi connectivity index (χ1v) is 9.93. The fourth-order valence-electron chi connectivity index (χ4n) is 4.42. The number of carbonyl (C=O) groups excluding carboxylic acids is 1. The molecule has 2 aliphatic heterocycles. The Morgan fingerprint density at radius 2 is 1.85 bits per heavy atom. The van der Waals surface area contributed by atoms with Gasteiger partial charge in [0.1, 0.15) is 11.9 Å². The molecule has 2 fully saturated rings. The van der Waals surface area contributed by atoms with E-state index in [9.17, 15) is 4.79 Å². The maximum absolute atomic E-state index is 12.5. The summed E-state index contributed by atoms with van der Waals surface area (Å²) >= 11 is 0. The maximum atomic E-state index is 12.5. The van der Waals surface area contributed by atoms with E-state index in [1.807, 2.05) is 35.2 Å². The number of benzene rings is 1. The van der Waals surface area contributed by atoms with Crippen LogP contribution in [0.2, 0.25) is 0 Å². The Labute approximate surface area is 160 Å². The van der Waals surface area contributed by atoms with Crippen LogP contribution in [0.25, 0.3) is 0 Å². The molecule has 0 saturated carbocycles. The Bertz CT molecular complexity index is 736. The van der Waals surface area contributed by atoms with E-state index in [2.05, 4.69) is 18.7 Å². The lowest BCUT2D eigenvalue weighted by Gasteiger charge is -2.54. The zero-order chi connectivity index (χ0) is 18.8. The van der Waals surface area contributed by atoms with E-state index >= 15 is 0 Å². The molecule has 0 N–H and O–H groups in total. The van der Waals surface area contributed by atoms with Crippen molar-refractivity contribution in [3.05, 3.63) is 54.5 Å². The minimum Gasteiger partial charge on any atom is -0.487 e. The topological polar surface area (TPSA) is 45.9 Å². The normalized spacial score (nSPS) is 24.0. The standard InChI is InChI=1S/C22H28N2O3/c1-16(2)24-15-20(27-18-7-4-3-5-8-18)21(24)17-10-12-23(13-11-17)22(25)19-9-6-14-26-19/h3-9,14,16-17,20-21H,10-13,15H2,1-2H3. The summed E-state index contributed by atoms with van der Waals surface area (Å²) in [5.74, 6) is 1.94. The summed E-state index contributed by atoms with van der Waals surface area (Å²) < 4.78 is 11.6. The van der Waals surface area contributed by atoms with Gasteiger partial charge in [0.2, 0.25) is 0 Å². The van der Waals surface area contributed by atoms with Crippen LogP contribution in [-0.2, 0) is 0 Å². The van der Waals surface area contributed by atoms with Crippen molar-refractivity contribution < 1.29 is 13.9 Å². The van der Waals surface area contributed by atoms with Crippen LogP contribution in [0, 0.1) is 5.92 Å². The van der Waals surface area contributed by atoms with E-state index in [1.54, 1.807) is 18.4 Å². The number of hydrogen-bond donors (Lipinski definition) is 0. The molecule has 2 aliphatic rings. The van der Waals surface area contributed by atoms with Crippen LogP contribution in [0.5, 0.6) is 5.75 Å². The smallest absolute Gasteiger partial charge is 0.289 e. The average molecular weight is 368 g/mol. The molecule has 0 bridgehead atoms. The van der Waals surface area contributed by atoms with Crippen molar-refractivity contribution >= 4 is 5.91 Å². The van der Waals surface area contributed by atoms with E-state index in [4.69, 9.17) is 9.15 Å². The summed E-state index contributed by atoms with van der Waals surface area (Å²) in [7, 11) is 0. The summed E-state index contributed by atoms with van der Waals surface area (Å²) in [6.07, 6.45) is 3.80. The van der Waals surface area contributed by atoms with Gasteiger partial charge in [0, 0.05) is 25.7 Å². The van der Waals surface area contributed by atoms with Gasteiger partial charge in [0.05, 0.1) is 12.3 Å². The summed E-state index contributed by atoms with van der Waals surface area (Å²) in [4.78, 5) is 17.0. The number of nitrogens with zero attached hydrogens (tertiary/aromatic N) is 2. The second-order valence-electron chi connectivity index (χ2n) is 7.86. The van der Waals surface area contributed by atoms with Crippen LogP contribution in [-0.4, -0.2) is 53.5 Å². The lowest BCUT2D eigenvalue weighted by atomic mass is 9.79. The number of furan rings is 1. The second-order valence-corrected chi connectivity index (χ2v) is 7.86. The third-order valence-electron chi connectivity index (χ3n) is 5.89. The van der Waals surface area contributed by atoms with Gasteiger partial charge in [-0.25, -0.2) is 0 Å². The van der Waals surface area contributed by atoms with Gasteiger partial charge in [0.25, 0.3) is 5.91 Å².